The van der Waals surface area contributed by atoms with Crippen LogP contribution in [0.2, 0.25) is 0 Å². The third-order valence-electron chi connectivity index (χ3n) is 1.46. The standard InChI is InChI=1S/C8H18N2/c1-4-6-9-7-8-10(3)5-2/h6H,4-5,7-8H2,1-3H3. The number of rotatable bonds is 5. The van der Waals surface area contributed by atoms with Gasteiger partial charge in [-0.25, -0.2) is 0 Å². The molecule has 0 aliphatic rings. The first kappa shape index (κ1) is 9.63. The van der Waals surface area contributed by atoms with Crippen molar-refractivity contribution in [3.63, 3.8) is 0 Å². The number of hydrogen-bond donors (Lipinski definition) is 0. The van der Waals surface area contributed by atoms with E-state index in [1.54, 1.807) is 0 Å². The molecule has 0 spiro atoms. The summed E-state index contributed by atoms with van der Waals surface area (Å²) < 4.78 is 0. The second kappa shape index (κ2) is 6.75. The van der Waals surface area contributed by atoms with Gasteiger partial charge in [0, 0.05) is 6.54 Å². The lowest BCUT2D eigenvalue weighted by molar-refractivity contribution is 0.363. The fraction of sp³-hybridized carbons (Fsp3) is 0.875. The normalized spacial score (nSPS) is 11.6. The molecule has 0 atom stereocenters. The molecule has 0 rings (SSSR count). The first-order valence-electron chi connectivity index (χ1n) is 3.98. The lowest BCUT2D eigenvalue weighted by Gasteiger charge is -2.10. The number of likely N-dealkylation sites (N-methyl/N-ethyl adjacent to an activating group) is 1. The minimum atomic E-state index is 0.943. The Hall–Kier alpha value is -0.370. The molecular weight excluding hydrogens is 124 g/mol. The summed E-state index contributed by atoms with van der Waals surface area (Å²) in [5.41, 5.74) is 0. The van der Waals surface area contributed by atoms with Gasteiger partial charge in [0.2, 0.25) is 0 Å². The molecular formula is C8H18N2. The summed E-state index contributed by atoms with van der Waals surface area (Å²) in [5, 5.41) is 0. The van der Waals surface area contributed by atoms with Crippen molar-refractivity contribution in [2.24, 2.45) is 4.99 Å². The molecule has 60 valence electrons. The summed E-state index contributed by atoms with van der Waals surface area (Å²) in [6, 6.07) is 0. The summed E-state index contributed by atoms with van der Waals surface area (Å²) in [5.74, 6) is 0. The molecule has 0 aromatic rings. The Labute approximate surface area is 63.9 Å². The Bertz CT molecular complexity index is 89.3. The minimum Gasteiger partial charge on any atom is -0.305 e. The smallest absolute Gasteiger partial charge is 0.0512 e. The van der Waals surface area contributed by atoms with Crippen molar-refractivity contribution in [2.45, 2.75) is 20.3 Å². The first-order chi connectivity index (χ1) is 4.81. The molecule has 2 heteroatoms. The molecule has 0 unspecified atom stereocenters. The lowest BCUT2D eigenvalue weighted by atomic mass is 10.5. The SMILES string of the molecule is CCC=NCCN(C)CC. The van der Waals surface area contributed by atoms with Crippen molar-refractivity contribution in [2.75, 3.05) is 26.7 Å². The Balaban J connectivity index is 3.10. The molecule has 0 fully saturated rings. The molecule has 0 heterocycles. The number of hydrogen-bond acceptors (Lipinski definition) is 2. The summed E-state index contributed by atoms with van der Waals surface area (Å²) in [6.07, 6.45) is 3.03. The van der Waals surface area contributed by atoms with E-state index < -0.39 is 0 Å². The first-order valence-corrected chi connectivity index (χ1v) is 3.98. The summed E-state index contributed by atoms with van der Waals surface area (Å²) in [7, 11) is 2.11. The predicted octanol–water partition coefficient (Wildman–Crippen LogP) is 1.42. The molecule has 10 heavy (non-hydrogen) atoms. The van der Waals surface area contributed by atoms with Crippen LogP contribution in [0.3, 0.4) is 0 Å². The molecule has 0 aromatic carbocycles. The van der Waals surface area contributed by atoms with E-state index in [1.165, 1.54) is 0 Å². The average molecular weight is 142 g/mol. The maximum atomic E-state index is 4.21. The minimum absolute atomic E-state index is 0.943. The largest absolute Gasteiger partial charge is 0.305 e. The number of aliphatic imine (C=N–C) groups is 1. The van der Waals surface area contributed by atoms with Crippen LogP contribution >= 0.6 is 0 Å². The second-order valence-electron chi connectivity index (χ2n) is 2.39. The molecule has 0 aliphatic heterocycles. The van der Waals surface area contributed by atoms with E-state index in [-0.39, 0.29) is 0 Å². The van der Waals surface area contributed by atoms with E-state index in [4.69, 9.17) is 0 Å². The van der Waals surface area contributed by atoms with Crippen molar-refractivity contribution < 1.29 is 0 Å². The van der Waals surface area contributed by atoms with E-state index in [2.05, 4.69) is 30.8 Å². The van der Waals surface area contributed by atoms with Crippen LogP contribution in [0.5, 0.6) is 0 Å². The van der Waals surface area contributed by atoms with Gasteiger partial charge in [-0.1, -0.05) is 13.8 Å². The van der Waals surface area contributed by atoms with Crippen LogP contribution in [-0.4, -0.2) is 37.8 Å². The highest BCUT2D eigenvalue weighted by atomic mass is 15.1. The maximum Gasteiger partial charge on any atom is 0.0512 e. The average Bonchev–Trinajstić information content (AvgIpc) is 1.98. The Morgan fingerprint density at radius 3 is 2.60 bits per heavy atom. The second-order valence-corrected chi connectivity index (χ2v) is 2.39. The van der Waals surface area contributed by atoms with E-state index >= 15 is 0 Å². The third-order valence-corrected chi connectivity index (χ3v) is 1.46. The Kier molecular flexibility index (Phi) is 6.50. The highest BCUT2D eigenvalue weighted by Gasteiger charge is 1.89. The van der Waals surface area contributed by atoms with Crippen LogP contribution in [0.1, 0.15) is 20.3 Å². The van der Waals surface area contributed by atoms with Gasteiger partial charge < -0.3 is 4.90 Å². The van der Waals surface area contributed by atoms with Crippen molar-refractivity contribution >= 4 is 6.21 Å². The van der Waals surface area contributed by atoms with Gasteiger partial charge in [0.05, 0.1) is 6.54 Å². The molecule has 0 amide bonds. The summed E-state index contributed by atoms with van der Waals surface area (Å²) in [6.45, 7) is 7.39. The van der Waals surface area contributed by atoms with Crippen LogP contribution in [-0.2, 0) is 0 Å². The quantitative estimate of drug-likeness (QED) is 0.530. The van der Waals surface area contributed by atoms with Crippen molar-refractivity contribution in [3.8, 4) is 0 Å². The fourth-order valence-corrected chi connectivity index (χ4v) is 0.607. The van der Waals surface area contributed by atoms with Gasteiger partial charge in [-0.3, -0.25) is 4.99 Å². The van der Waals surface area contributed by atoms with Crippen LogP contribution < -0.4 is 0 Å². The monoisotopic (exact) mass is 142 g/mol. The Morgan fingerprint density at radius 1 is 1.40 bits per heavy atom. The van der Waals surface area contributed by atoms with E-state index in [9.17, 15) is 0 Å². The van der Waals surface area contributed by atoms with Gasteiger partial charge in [0.1, 0.15) is 0 Å². The van der Waals surface area contributed by atoms with Crippen LogP contribution in [0.15, 0.2) is 4.99 Å². The van der Waals surface area contributed by atoms with Crippen molar-refractivity contribution in [1.29, 1.82) is 0 Å². The van der Waals surface area contributed by atoms with Gasteiger partial charge in [-0.15, -0.1) is 0 Å². The van der Waals surface area contributed by atoms with Crippen molar-refractivity contribution in [3.05, 3.63) is 0 Å². The fourth-order valence-electron chi connectivity index (χ4n) is 0.607. The van der Waals surface area contributed by atoms with E-state index in [1.807, 2.05) is 6.21 Å². The van der Waals surface area contributed by atoms with Crippen molar-refractivity contribution in [1.82, 2.24) is 4.90 Å². The molecule has 0 aliphatic carbocycles. The molecule has 0 aromatic heterocycles. The van der Waals surface area contributed by atoms with Gasteiger partial charge in [-0.05, 0) is 26.2 Å². The van der Waals surface area contributed by atoms with Crippen LogP contribution in [0.25, 0.3) is 0 Å². The third kappa shape index (κ3) is 5.76. The zero-order valence-corrected chi connectivity index (χ0v) is 7.30. The summed E-state index contributed by atoms with van der Waals surface area (Å²) >= 11 is 0. The highest BCUT2D eigenvalue weighted by Crippen LogP contribution is 1.80. The van der Waals surface area contributed by atoms with Gasteiger partial charge in [0.15, 0.2) is 0 Å². The topological polar surface area (TPSA) is 15.6 Å². The lowest BCUT2D eigenvalue weighted by Crippen LogP contribution is -2.20. The molecule has 0 saturated carbocycles. The molecule has 0 radical (unpaired) electrons. The zero-order valence-electron chi connectivity index (χ0n) is 7.30. The van der Waals surface area contributed by atoms with Gasteiger partial charge in [0.25, 0.3) is 0 Å². The zero-order chi connectivity index (χ0) is 7.82. The summed E-state index contributed by atoms with van der Waals surface area (Å²) in [4.78, 5) is 6.47. The van der Waals surface area contributed by atoms with Gasteiger partial charge in [-0.2, -0.15) is 0 Å². The molecule has 2 nitrogen and oxygen atoms in total. The van der Waals surface area contributed by atoms with E-state index in [0.29, 0.717) is 0 Å². The predicted molar refractivity (Wildman–Crippen MR) is 46.8 cm³/mol. The highest BCUT2D eigenvalue weighted by molar-refractivity contribution is 5.56. The number of nitrogens with zero attached hydrogens (tertiary/aromatic N) is 2. The van der Waals surface area contributed by atoms with Gasteiger partial charge >= 0.3 is 0 Å². The molecule has 0 N–H and O–H groups in total. The Morgan fingerprint density at radius 2 is 2.10 bits per heavy atom. The van der Waals surface area contributed by atoms with Crippen LogP contribution in [0.4, 0.5) is 0 Å². The van der Waals surface area contributed by atoms with E-state index in [0.717, 1.165) is 26.1 Å². The molecule has 0 saturated heterocycles. The maximum absolute atomic E-state index is 4.21. The van der Waals surface area contributed by atoms with Crippen LogP contribution in [0, 0.1) is 0 Å². The molecule has 0 bridgehead atoms.